The highest BCUT2D eigenvalue weighted by molar-refractivity contribution is 6.38. The first-order chi connectivity index (χ1) is 8.50. The van der Waals surface area contributed by atoms with Crippen LogP contribution in [0.1, 0.15) is 24.4 Å². The van der Waals surface area contributed by atoms with Crippen LogP contribution < -0.4 is 5.43 Å². The summed E-state index contributed by atoms with van der Waals surface area (Å²) in [6.45, 7) is 1.71. The van der Waals surface area contributed by atoms with Gasteiger partial charge < -0.3 is 4.57 Å². The highest BCUT2D eigenvalue weighted by atomic mass is 35.5. The molecule has 1 fully saturated rings. The number of hydrogen-bond acceptors (Lipinski definition) is 1. The van der Waals surface area contributed by atoms with E-state index in [0.29, 0.717) is 17.1 Å². The van der Waals surface area contributed by atoms with Gasteiger partial charge in [-0.05, 0) is 25.8 Å². The van der Waals surface area contributed by atoms with Gasteiger partial charge in [-0.1, -0.05) is 23.2 Å². The van der Waals surface area contributed by atoms with Crippen LogP contribution in [0, 0.1) is 12.7 Å². The number of rotatable bonds is 1. The topological polar surface area (TPSA) is 22.0 Å². The van der Waals surface area contributed by atoms with Gasteiger partial charge in [0.25, 0.3) is 0 Å². The van der Waals surface area contributed by atoms with Gasteiger partial charge in [0.15, 0.2) is 11.2 Å². The Morgan fingerprint density at radius 3 is 2.67 bits per heavy atom. The smallest absolute Gasteiger partial charge is 0.193 e. The normalized spacial score (nSPS) is 15.3. The van der Waals surface area contributed by atoms with Crippen LogP contribution in [0.25, 0.3) is 10.9 Å². The van der Waals surface area contributed by atoms with Gasteiger partial charge in [0.05, 0.1) is 20.9 Å². The first-order valence-corrected chi connectivity index (χ1v) is 6.45. The van der Waals surface area contributed by atoms with Gasteiger partial charge in [-0.15, -0.1) is 0 Å². The molecule has 5 heteroatoms. The van der Waals surface area contributed by atoms with Gasteiger partial charge in [-0.2, -0.15) is 0 Å². The first-order valence-electron chi connectivity index (χ1n) is 5.69. The third kappa shape index (κ3) is 1.65. The largest absolute Gasteiger partial charge is 0.344 e. The first kappa shape index (κ1) is 12.0. The molecule has 0 atom stereocenters. The average molecular weight is 286 g/mol. The third-order valence-corrected chi connectivity index (χ3v) is 3.91. The van der Waals surface area contributed by atoms with Crippen molar-refractivity contribution in [3.05, 3.63) is 43.9 Å². The minimum Gasteiger partial charge on any atom is -0.344 e. The minimum atomic E-state index is -0.726. The molecule has 1 saturated carbocycles. The fraction of sp³-hybridized carbons (Fsp3) is 0.308. The number of hydrogen-bond donors (Lipinski definition) is 0. The fourth-order valence-electron chi connectivity index (χ4n) is 2.19. The van der Waals surface area contributed by atoms with Crippen molar-refractivity contribution in [2.75, 3.05) is 0 Å². The van der Waals surface area contributed by atoms with Crippen molar-refractivity contribution in [1.29, 1.82) is 0 Å². The summed E-state index contributed by atoms with van der Waals surface area (Å²) in [5.41, 5.74) is 0.949. The summed E-state index contributed by atoms with van der Waals surface area (Å²) in [4.78, 5) is 12.1. The maximum absolute atomic E-state index is 13.7. The van der Waals surface area contributed by atoms with Crippen molar-refractivity contribution in [2.45, 2.75) is 25.8 Å². The summed E-state index contributed by atoms with van der Waals surface area (Å²) < 4.78 is 15.7. The Labute approximate surface area is 113 Å². The molecule has 18 heavy (non-hydrogen) atoms. The number of pyridine rings is 1. The number of benzene rings is 1. The van der Waals surface area contributed by atoms with Gasteiger partial charge in [0.2, 0.25) is 0 Å². The van der Waals surface area contributed by atoms with Crippen LogP contribution in [0.4, 0.5) is 4.39 Å². The molecule has 1 aliphatic rings. The van der Waals surface area contributed by atoms with E-state index < -0.39 is 5.82 Å². The second kappa shape index (κ2) is 3.97. The van der Waals surface area contributed by atoms with E-state index in [1.165, 1.54) is 6.07 Å². The summed E-state index contributed by atoms with van der Waals surface area (Å²) >= 11 is 11.7. The highest BCUT2D eigenvalue weighted by Gasteiger charge is 2.26. The van der Waals surface area contributed by atoms with Crippen LogP contribution in [0.2, 0.25) is 10.0 Å². The molecule has 1 aromatic carbocycles. The molecule has 0 unspecified atom stereocenters. The molecule has 94 valence electrons. The van der Waals surface area contributed by atoms with E-state index in [0.717, 1.165) is 12.8 Å². The molecular formula is C13H10Cl2FNO. The quantitative estimate of drug-likeness (QED) is 0.724. The van der Waals surface area contributed by atoms with Crippen molar-refractivity contribution in [1.82, 2.24) is 4.57 Å². The van der Waals surface area contributed by atoms with E-state index in [9.17, 15) is 9.18 Å². The number of halogens is 3. The SMILES string of the molecule is Cc1cn(C2CC2)c2cc(Cl)c(F)c(Cl)c2c1=O. The second-order valence-corrected chi connectivity index (χ2v) is 5.45. The molecule has 2 aromatic rings. The summed E-state index contributed by atoms with van der Waals surface area (Å²) in [7, 11) is 0. The number of nitrogens with zero attached hydrogens (tertiary/aromatic N) is 1. The highest BCUT2D eigenvalue weighted by Crippen LogP contribution is 2.39. The van der Waals surface area contributed by atoms with Gasteiger partial charge in [-0.3, -0.25) is 4.79 Å². The van der Waals surface area contributed by atoms with Gasteiger partial charge in [-0.25, -0.2) is 4.39 Å². The number of aryl methyl sites for hydroxylation is 1. The van der Waals surface area contributed by atoms with E-state index in [-0.39, 0.29) is 20.9 Å². The standard InChI is InChI=1S/C13H10Cl2FNO/c1-6-5-17(7-2-3-7)9-4-8(14)12(16)11(15)10(9)13(6)18/h4-5,7H,2-3H2,1H3. The number of aromatic nitrogens is 1. The zero-order valence-corrected chi connectivity index (χ0v) is 11.1. The van der Waals surface area contributed by atoms with E-state index in [1.54, 1.807) is 13.1 Å². The lowest BCUT2D eigenvalue weighted by Gasteiger charge is -2.13. The lowest BCUT2D eigenvalue weighted by Crippen LogP contribution is -2.12. The average Bonchev–Trinajstić information content (AvgIpc) is 3.14. The Bertz CT molecular complexity index is 719. The molecule has 0 spiro atoms. The van der Waals surface area contributed by atoms with Crippen molar-refractivity contribution >= 4 is 34.1 Å². The molecule has 0 N–H and O–H groups in total. The zero-order valence-electron chi connectivity index (χ0n) is 9.64. The lowest BCUT2D eigenvalue weighted by atomic mass is 10.1. The van der Waals surface area contributed by atoms with E-state index in [2.05, 4.69) is 0 Å². The minimum absolute atomic E-state index is 0.0508. The van der Waals surface area contributed by atoms with Gasteiger partial charge in [0.1, 0.15) is 0 Å². The Morgan fingerprint density at radius 1 is 1.39 bits per heavy atom. The van der Waals surface area contributed by atoms with Crippen molar-refractivity contribution < 1.29 is 4.39 Å². The van der Waals surface area contributed by atoms with E-state index in [1.807, 2.05) is 4.57 Å². The van der Waals surface area contributed by atoms with E-state index >= 15 is 0 Å². The van der Waals surface area contributed by atoms with Crippen molar-refractivity contribution in [3.8, 4) is 0 Å². The summed E-state index contributed by atoms with van der Waals surface area (Å²) in [5, 5.41) is -0.00350. The Balaban J connectivity index is 2.52. The van der Waals surface area contributed by atoms with Crippen molar-refractivity contribution in [3.63, 3.8) is 0 Å². The van der Waals surface area contributed by atoms with Crippen LogP contribution in [-0.2, 0) is 0 Å². The maximum Gasteiger partial charge on any atom is 0.193 e. The van der Waals surface area contributed by atoms with Crippen LogP contribution in [0.5, 0.6) is 0 Å². The molecular weight excluding hydrogens is 276 g/mol. The van der Waals surface area contributed by atoms with Gasteiger partial charge in [0, 0.05) is 17.8 Å². The molecule has 3 rings (SSSR count). The fourth-order valence-corrected chi connectivity index (χ4v) is 2.72. The van der Waals surface area contributed by atoms with Gasteiger partial charge >= 0.3 is 0 Å². The van der Waals surface area contributed by atoms with Crippen molar-refractivity contribution in [2.24, 2.45) is 0 Å². The molecule has 1 heterocycles. The van der Waals surface area contributed by atoms with Crippen LogP contribution in [-0.4, -0.2) is 4.57 Å². The van der Waals surface area contributed by atoms with E-state index in [4.69, 9.17) is 23.2 Å². The molecule has 0 radical (unpaired) electrons. The summed E-state index contributed by atoms with van der Waals surface area (Å²) in [5.74, 6) is -0.726. The van der Waals surface area contributed by atoms with Crippen LogP contribution in [0.3, 0.4) is 0 Å². The Morgan fingerprint density at radius 2 is 2.06 bits per heavy atom. The molecule has 0 bridgehead atoms. The molecule has 0 amide bonds. The molecule has 1 aliphatic carbocycles. The molecule has 0 aliphatic heterocycles. The third-order valence-electron chi connectivity index (χ3n) is 3.28. The monoisotopic (exact) mass is 285 g/mol. The van der Waals surface area contributed by atoms with Crippen LogP contribution in [0.15, 0.2) is 17.1 Å². The maximum atomic E-state index is 13.7. The predicted octanol–water partition coefficient (Wildman–Crippen LogP) is 4.09. The zero-order chi connectivity index (χ0) is 13.0. The molecule has 0 saturated heterocycles. The summed E-state index contributed by atoms with van der Waals surface area (Å²) in [6, 6.07) is 1.85. The molecule has 1 aromatic heterocycles. The lowest BCUT2D eigenvalue weighted by molar-refractivity contribution is 0.629. The van der Waals surface area contributed by atoms with Crippen LogP contribution >= 0.6 is 23.2 Å². The number of fused-ring (bicyclic) bond motifs is 1. The predicted molar refractivity (Wildman–Crippen MR) is 71.2 cm³/mol. The summed E-state index contributed by atoms with van der Waals surface area (Å²) in [6.07, 6.45) is 3.92. The second-order valence-electron chi connectivity index (χ2n) is 4.66. The Hall–Kier alpha value is -1.06. The Kier molecular flexibility index (Phi) is 2.65. The molecule has 2 nitrogen and oxygen atoms in total.